The summed E-state index contributed by atoms with van der Waals surface area (Å²) in [7, 11) is 0. The second-order valence-electron chi connectivity index (χ2n) is 8.47. The maximum atomic E-state index is 13.9. The predicted molar refractivity (Wildman–Crippen MR) is 140 cm³/mol. The smallest absolute Gasteiger partial charge is 0.265 e. The van der Waals surface area contributed by atoms with Crippen LogP contribution in [0.5, 0.6) is 0 Å². The minimum absolute atomic E-state index is 0.146. The fraction of sp³-hybridized carbons (Fsp3) is 0.111. The van der Waals surface area contributed by atoms with E-state index in [1.54, 1.807) is 4.57 Å². The van der Waals surface area contributed by atoms with Crippen LogP contribution in [0, 0.1) is 6.92 Å². The van der Waals surface area contributed by atoms with Crippen molar-refractivity contribution in [2.45, 2.75) is 20.0 Å². The lowest BCUT2D eigenvalue weighted by atomic mass is 10.2. The number of para-hydroxylation sites is 2. The fourth-order valence-electron chi connectivity index (χ4n) is 4.38. The van der Waals surface area contributed by atoms with Crippen LogP contribution in [-0.4, -0.2) is 24.1 Å². The summed E-state index contributed by atoms with van der Waals surface area (Å²) in [6.07, 6.45) is 0. The van der Waals surface area contributed by atoms with Gasteiger partial charge in [0.1, 0.15) is 16.7 Å². The lowest BCUT2D eigenvalue weighted by Crippen LogP contribution is -2.24. The zero-order valence-corrected chi connectivity index (χ0v) is 20.3. The molecule has 0 atom stereocenters. The summed E-state index contributed by atoms with van der Waals surface area (Å²) < 4.78 is 3.64. The molecular formula is C27H19Cl2N5O. The largest absolute Gasteiger partial charge is 0.304 e. The summed E-state index contributed by atoms with van der Waals surface area (Å²) in [6, 6.07) is 22.7. The number of aryl methyl sites for hydroxylation is 1. The van der Waals surface area contributed by atoms with Crippen LogP contribution >= 0.6 is 23.2 Å². The number of halogens is 2. The van der Waals surface area contributed by atoms with Gasteiger partial charge < -0.3 is 4.57 Å². The quantitative estimate of drug-likeness (QED) is 0.298. The first-order valence-corrected chi connectivity index (χ1v) is 11.9. The Labute approximate surface area is 210 Å². The molecule has 0 aliphatic carbocycles. The number of rotatable bonds is 4. The van der Waals surface area contributed by atoms with Crippen molar-refractivity contribution < 1.29 is 0 Å². The molecule has 35 heavy (non-hydrogen) atoms. The Morgan fingerprint density at radius 3 is 1.83 bits per heavy atom. The van der Waals surface area contributed by atoms with Gasteiger partial charge in [-0.15, -0.1) is 0 Å². The van der Waals surface area contributed by atoms with E-state index in [4.69, 9.17) is 38.2 Å². The van der Waals surface area contributed by atoms with E-state index in [0.29, 0.717) is 51.2 Å². The van der Waals surface area contributed by atoms with Gasteiger partial charge in [0.15, 0.2) is 11.3 Å². The molecule has 3 aromatic carbocycles. The van der Waals surface area contributed by atoms with Crippen molar-refractivity contribution in [3.05, 3.63) is 110 Å². The SMILES string of the molecule is Cc1nc2c(c(=O)n1Cc1ccc(Cl)cc1)c1nc3ccccc3nc1n2Cc1ccc(Cl)cc1. The summed E-state index contributed by atoms with van der Waals surface area (Å²) >= 11 is 12.1. The third-order valence-electron chi connectivity index (χ3n) is 6.15. The lowest BCUT2D eigenvalue weighted by molar-refractivity contribution is 0.707. The molecule has 0 fully saturated rings. The molecule has 0 amide bonds. The molecule has 0 aliphatic heterocycles. The molecule has 0 aliphatic rings. The van der Waals surface area contributed by atoms with E-state index in [9.17, 15) is 4.79 Å². The van der Waals surface area contributed by atoms with E-state index < -0.39 is 0 Å². The number of benzene rings is 3. The van der Waals surface area contributed by atoms with Crippen molar-refractivity contribution in [1.29, 1.82) is 0 Å². The summed E-state index contributed by atoms with van der Waals surface area (Å²) in [4.78, 5) is 28.5. The summed E-state index contributed by atoms with van der Waals surface area (Å²) in [5.74, 6) is 0.613. The van der Waals surface area contributed by atoms with Crippen LogP contribution in [0.4, 0.5) is 0 Å². The Balaban J connectivity index is 1.63. The van der Waals surface area contributed by atoms with E-state index in [1.165, 1.54) is 0 Å². The van der Waals surface area contributed by atoms with E-state index >= 15 is 0 Å². The van der Waals surface area contributed by atoms with Crippen LogP contribution in [0.3, 0.4) is 0 Å². The predicted octanol–water partition coefficient (Wildman–Crippen LogP) is 6.01. The average Bonchev–Trinajstić information content (AvgIpc) is 3.15. The summed E-state index contributed by atoms with van der Waals surface area (Å²) in [5, 5.41) is 1.78. The van der Waals surface area contributed by atoms with Crippen LogP contribution in [0.1, 0.15) is 17.0 Å². The van der Waals surface area contributed by atoms with Crippen LogP contribution in [-0.2, 0) is 13.1 Å². The molecule has 6 rings (SSSR count). The molecule has 6 aromatic rings. The first-order chi connectivity index (χ1) is 17.0. The lowest BCUT2D eigenvalue weighted by Gasteiger charge is -2.11. The number of aromatic nitrogens is 5. The van der Waals surface area contributed by atoms with Gasteiger partial charge in [-0.3, -0.25) is 9.36 Å². The molecular weight excluding hydrogens is 481 g/mol. The van der Waals surface area contributed by atoms with Gasteiger partial charge in [-0.05, 0) is 54.4 Å². The van der Waals surface area contributed by atoms with Crippen LogP contribution in [0.15, 0.2) is 77.6 Å². The maximum Gasteiger partial charge on any atom is 0.265 e. The molecule has 0 saturated heterocycles. The zero-order chi connectivity index (χ0) is 24.1. The van der Waals surface area contributed by atoms with Gasteiger partial charge in [-0.2, -0.15) is 0 Å². The highest BCUT2D eigenvalue weighted by Gasteiger charge is 2.21. The van der Waals surface area contributed by atoms with Gasteiger partial charge in [0.2, 0.25) is 0 Å². The molecule has 3 heterocycles. The molecule has 6 nitrogen and oxygen atoms in total. The third kappa shape index (κ3) is 3.85. The monoisotopic (exact) mass is 499 g/mol. The number of fused-ring (bicyclic) bond motifs is 4. The molecule has 0 N–H and O–H groups in total. The van der Waals surface area contributed by atoms with E-state index in [1.807, 2.05) is 84.3 Å². The normalized spacial score (nSPS) is 11.6. The standard InChI is InChI=1S/C27H19Cl2N5O/c1-16-30-25-23(27(35)33(16)14-17-6-10-19(28)11-7-17)24-26(32-22-5-3-2-4-21(22)31-24)34(25)15-18-8-12-20(29)13-9-18/h2-13H,14-15H2,1H3. The molecule has 0 bridgehead atoms. The Hall–Kier alpha value is -3.74. The Bertz CT molecular complexity index is 1790. The first kappa shape index (κ1) is 21.8. The average molecular weight is 500 g/mol. The number of hydrogen-bond donors (Lipinski definition) is 0. The molecule has 0 radical (unpaired) electrons. The molecule has 0 saturated carbocycles. The van der Waals surface area contributed by atoms with Gasteiger partial charge in [0.25, 0.3) is 5.56 Å². The maximum absolute atomic E-state index is 13.9. The minimum atomic E-state index is -0.146. The highest BCUT2D eigenvalue weighted by atomic mass is 35.5. The van der Waals surface area contributed by atoms with Gasteiger partial charge in [0.05, 0.1) is 24.1 Å². The van der Waals surface area contributed by atoms with Crippen LogP contribution in [0.25, 0.3) is 33.2 Å². The van der Waals surface area contributed by atoms with Crippen molar-refractivity contribution in [2.75, 3.05) is 0 Å². The number of nitrogens with zero attached hydrogens (tertiary/aromatic N) is 5. The van der Waals surface area contributed by atoms with Crippen molar-refractivity contribution >= 4 is 56.4 Å². The van der Waals surface area contributed by atoms with Crippen molar-refractivity contribution in [3.8, 4) is 0 Å². The molecule has 0 spiro atoms. The zero-order valence-electron chi connectivity index (χ0n) is 18.7. The Morgan fingerprint density at radius 1 is 0.686 bits per heavy atom. The van der Waals surface area contributed by atoms with E-state index in [2.05, 4.69) is 0 Å². The Morgan fingerprint density at radius 2 is 1.23 bits per heavy atom. The fourth-order valence-corrected chi connectivity index (χ4v) is 4.63. The molecule has 0 unspecified atom stereocenters. The highest BCUT2D eigenvalue weighted by molar-refractivity contribution is 6.30. The van der Waals surface area contributed by atoms with Crippen molar-refractivity contribution in [2.24, 2.45) is 0 Å². The van der Waals surface area contributed by atoms with Crippen molar-refractivity contribution in [1.82, 2.24) is 24.1 Å². The van der Waals surface area contributed by atoms with Gasteiger partial charge in [0, 0.05) is 10.0 Å². The molecule has 3 aromatic heterocycles. The minimum Gasteiger partial charge on any atom is -0.304 e. The van der Waals surface area contributed by atoms with E-state index in [0.717, 1.165) is 22.2 Å². The summed E-state index contributed by atoms with van der Waals surface area (Å²) in [5.41, 5.74) is 5.08. The van der Waals surface area contributed by atoms with Gasteiger partial charge >= 0.3 is 0 Å². The van der Waals surface area contributed by atoms with Crippen LogP contribution in [0.2, 0.25) is 10.0 Å². The Kier molecular flexibility index (Phi) is 5.28. The van der Waals surface area contributed by atoms with Gasteiger partial charge in [-0.25, -0.2) is 15.0 Å². The first-order valence-electron chi connectivity index (χ1n) is 11.1. The van der Waals surface area contributed by atoms with E-state index in [-0.39, 0.29) is 5.56 Å². The highest BCUT2D eigenvalue weighted by Crippen LogP contribution is 2.27. The van der Waals surface area contributed by atoms with Crippen molar-refractivity contribution in [3.63, 3.8) is 0 Å². The summed E-state index contributed by atoms with van der Waals surface area (Å²) in [6.45, 7) is 2.71. The molecule has 172 valence electrons. The van der Waals surface area contributed by atoms with Gasteiger partial charge in [-0.1, -0.05) is 59.6 Å². The second-order valence-corrected chi connectivity index (χ2v) is 9.35. The number of hydrogen-bond acceptors (Lipinski definition) is 4. The second kappa shape index (κ2) is 8.48. The van der Waals surface area contributed by atoms with Crippen LogP contribution < -0.4 is 5.56 Å². The third-order valence-corrected chi connectivity index (χ3v) is 6.65. The molecule has 8 heteroatoms. The topological polar surface area (TPSA) is 65.6 Å².